The van der Waals surface area contributed by atoms with Gasteiger partial charge in [0.05, 0.1) is 11.6 Å². The minimum Gasteiger partial charge on any atom is -0.390 e. The molecule has 4 bridgehead atoms. The molecule has 4 saturated carbocycles. The van der Waals surface area contributed by atoms with Crippen molar-refractivity contribution < 1.29 is 14.7 Å². The third kappa shape index (κ3) is 2.96. The highest BCUT2D eigenvalue weighted by Crippen LogP contribution is 2.62. The van der Waals surface area contributed by atoms with Gasteiger partial charge in [-0.05, 0) is 62.2 Å². The van der Waals surface area contributed by atoms with E-state index in [0.29, 0.717) is 31.2 Å². The number of hydrogen-bond acceptors (Lipinski definition) is 3. The summed E-state index contributed by atoms with van der Waals surface area (Å²) in [5, 5.41) is 13.9. The summed E-state index contributed by atoms with van der Waals surface area (Å²) in [7, 11) is 0. The van der Waals surface area contributed by atoms with Crippen LogP contribution < -0.4 is 5.32 Å². The van der Waals surface area contributed by atoms with Crippen LogP contribution in [0.25, 0.3) is 0 Å². The normalized spacial score (nSPS) is 43.5. The van der Waals surface area contributed by atoms with Crippen molar-refractivity contribution in [1.29, 1.82) is 0 Å². The Bertz CT molecular complexity index is 533. The molecule has 5 nitrogen and oxygen atoms in total. The Morgan fingerprint density at radius 2 is 2.00 bits per heavy atom. The molecule has 5 heteroatoms. The van der Waals surface area contributed by atoms with Gasteiger partial charge in [0.25, 0.3) is 0 Å². The van der Waals surface area contributed by atoms with Gasteiger partial charge in [0, 0.05) is 25.9 Å². The van der Waals surface area contributed by atoms with Crippen molar-refractivity contribution in [1.82, 2.24) is 10.2 Å². The molecule has 0 aromatic rings. The maximum atomic E-state index is 12.6. The van der Waals surface area contributed by atoms with Crippen LogP contribution in [0.15, 0.2) is 0 Å². The molecule has 3 atom stereocenters. The van der Waals surface area contributed by atoms with Crippen LogP contribution in [0, 0.1) is 17.3 Å². The van der Waals surface area contributed by atoms with Crippen LogP contribution in [-0.2, 0) is 9.59 Å². The molecule has 1 heterocycles. The van der Waals surface area contributed by atoms with Crippen LogP contribution in [0.2, 0.25) is 0 Å². The predicted octanol–water partition coefficient (Wildman–Crippen LogP) is 1.83. The smallest absolute Gasteiger partial charge is 0.224 e. The van der Waals surface area contributed by atoms with Gasteiger partial charge < -0.3 is 15.3 Å². The minimum absolute atomic E-state index is 0.00857. The minimum atomic E-state index is -0.508. The van der Waals surface area contributed by atoms with Crippen molar-refractivity contribution in [2.24, 2.45) is 17.3 Å². The molecular weight excluding hydrogens is 304 g/mol. The lowest BCUT2D eigenvalue weighted by atomic mass is 9.47. The summed E-state index contributed by atoms with van der Waals surface area (Å²) in [5.74, 6) is 1.46. The number of likely N-dealkylation sites (tertiary alicyclic amines) is 1. The molecule has 0 aromatic heterocycles. The highest BCUT2D eigenvalue weighted by Gasteiger charge is 2.57. The molecule has 2 N–H and O–H groups in total. The van der Waals surface area contributed by atoms with Crippen molar-refractivity contribution in [3.63, 3.8) is 0 Å². The maximum absolute atomic E-state index is 12.6. The molecule has 0 radical (unpaired) electrons. The first-order valence-electron chi connectivity index (χ1n) is 9.68. The van der Waals surface area contributed by atoms with Gasteiger partial charge in [-0.25, -0.2) is 0 Å². The van der Waals surface area contributed by atoms with E-state index in [1.54, 1.807) is 0 Å². The van der Waals surface area contributed by atoms with E-state index in [4.69, 9.17) is 0 Å². The standard InChI is InChI=1S/C19H30N2O3/c1-2-3-21-11-15(5-17(21)23)20-16(22)10-18-6-13-4-14(7-18)9-19(24,8-13)12-18/h13-15,24H,2-12H2,1H3,(H,20,22)/t13-,14-,15+,18?,19?/m1/s1. The second-order valence-electron chi connectivity index (χ2n) is 9.17. The van der Waals surface area contributed by atoms with Crippen LogP contribution in [0.1, 0.15) is 64.7 Å². The largest absolute Gasteiger partial charge is 0.390 e. The number of aliphatic hydroxyl groups is 1. The number of carbonyl (C=O) groups excluding carboxylic acids is 2. The summed E-state index contributed by atoms with van der Waals surface area (Å²) in [5.41, 5.74) is -0.500. The highest BCUT2D eigenvalue weighted by molar-refractivity contribution is 5.82. The van der Waals surface area contributed by atoms with E-state index in [1.165, 1.54) is 6.42 Å². The molecular formula is C19H30N2O3. The van der Waals surface area contributed by atoms with Crippen molar-refractivity contribution >= 4 is 11.8 Å². The summed E-state index contributed by atoms with van der Waals surface area (Å²) in [4.78, 5) is 26.4. The van der Waals surface area contributed by atoms with Crippen LogP contribution in [0.5, 0.6) is 0 Å². The highest BCUT2D eigenvalue weighted by atomic mass is 16.3. The van der Waals surface area contributed by atoms with E-state index in [-0.39, 0.29) is 23.3 Å². The SMILES string of the molecule is CCCN1C[C@@H](NC(=O)CC23C[C@H]4C[C@@H](CC(O)(C4)C2)C3)CC1=O. The Morgan fingerprint density at radius 3 is 2.62 bits per heavy atom. The van der Waals surface area contributed by atoms with Crippen molar-refractivity contribution in [2.75, 3.05) is 13.1 Å². The third-order valence-corrected chi connectivity index (χ3v) is 6.76. The van der Waals surface area contributed by atoms with E-state index in [0.717, 1.165) is 45.1 Å². The Hall–Kier alpha value is -1.10. The van der Waals surface area contributed by atoms with Gasteiger partial charge in [-0.3, -0.25) is 9.59 Å². The van der Waals surface area contributed by atoms with Gasteiger partial charge in [0.1, 0.15) is 0 Å². The average molecular weight is 334 g/mol. The van der Waals surface area contributed by atoms with Crippen LogP contribution in [0.3, 0.4) is 0 Å². The van der Waals surface area contributed by atoms with Crippen LogP contribution in [0.4, 0.5) is 0 Å². The molecule has 0 spiro atoms. The number of nitrogens with one attached hydrogen (secondary N) is 1. The molecule has 0 unspecified atom stereocenters. The van der Waals surface area contributed by atoms with Crippen molar-refractivity contribution in [3.8, 4) is 0 Å². The molecule has 2 amide bonds. The Kier molecular flexibility index (Phi) is 3.90. The molecule has 5 fully saturated rings. The molecule has 4 aliphatic carbocycles. The molecule has 134 valence electrons. The first-order valence-corrected chi connectivity index (χ1v) is 9.68. The lowest BCUT2D eigenvalue weighted by Crippen LogP contribution is -2.56. The fourth-order valence-electron chi connectivity index (χ4n) is 6.58. The summed E-state index contributed by atoms with van der Waals surface area (Å²) < 4.78 is 0. The quantitative estimate of drug-likeness (QED) is 0.806. The van der Waals surface area contributed by atoms with Gasteiger partial charge in [-0.15, -0.1) is 0 Å². The summed E-state index contributed by atoms with van der Waals surface area (Å²) in [6.07, 6.45) is 8.05. The zero-order valence-electron chi connectivity index (χ0n) is 14.7. The number of nitrogens with zero attached hydrogens (tertiary/aromatic N) is 1. The van der Waals surface area contributed by atoms with Crippen molar-refractivity contribution in [3.05, 3.63) is 0 Å². The van der Waals surface area contributed by atoms with E-state index < -0.39 is 5.60 Å². The van der Waals surface area contributed by atoms with Gasteiger partial charge in [0.15, 0.2) is 0 Å². The Morgan fingerprint density at radius 1 is 1.29 bits per heavy atom. The number of carbonyl (C=O) groups is 2. The second-order valence-corrected chi connectivity index (χ2v) is 9.17. The number of hydrogen-bond donors (Lipinski definition) is 2. The number of amides is 2. The Labute approximate surface area is 144 Å². The average Bonchev–Trinajstić information content (AvgIpc) is 2.75. The summed E-state index contributed by atoms with van der Waals surface area (Å²) in [6, 6.07) is -0.0338. The molecule has 24 heavy (non-hydrogen) atoms. The van der Waals surface area contributed by atoms with E-state index in [2.05, 4.69) is 12.2 Å². The summed E-state index contributed by atoms with van der Waals surface area (Å²) in [6.45, 7) is 3.50. The van der Waals surface area contributed by atoms with E-state index in [1.807, 2.05) is 4.90 Å². The molecule has 5 aliphatic rings. The first kappa shape index (κ1) is 16.4. The fourth-order valence-corrected chi connectivity index (χ4v) is 6.58. The lowest BCUT2D eigenvalue weighted by molar-refractivity contribution is -0.169. The third-order valence-electron chi connectivity index (χ3n) is 6.76. The lowest BCUT2D eigenvalue weighted by Gasteiger charge is -2.60. The molecule has 0 aromatic carbocycles. The molecule has 1 aliphatic heterocycles. The zero-order valence-corrected chi connectivity index (χ0v) is 14.7. The van der Waals surface area contributed by atoms with Gasteiger partial charge in [0.2, 0.25) is 11.8 Å². The monoisotopic (exact) mass is 334 g/mol. The van der Waals surface area contributed by atoms with Gasteiger partial charge >= 0.3 is 0 Å². The topological polar surface area (TPSA) is 69.6 Å². The maximum Gasteiger partial charge on any atom is 0.224 e. The first-order chi connectivity index (χ1) is 11.4. The molecule has 5 rings (SSSR count). The zero-order chi connectivity index (χ0) is 16.9. The van der Waals surface area contributed by atoms with Crippen molar-refractivity contribution in [2.45, 2.75) is 76.4 Å². The van der Waals surface area contributed by atoms with E-state index >= 15 is 0 Å². The van der Waals surface area contributed by atoms with Crippen LogP contribution >= 0.6 is 0 Å². The Balaban J connectivity index is 1.36. The van der Waals surface area contributed by atoms with E-state index in [9.17, 15) is 14.7 Å². The summed E-state index contributed by atoms with van der Waals surface area (Å²) >= 11 is 0. The fraction of sp³-hybridized carbons (Fsp3) is 0.895. The predicted molar refractivity (Wildman–Crippen MR) is 90.1 cm³/mol. The molecule has 1 saturated heterocycles. The van der Waals surface area contributed by atoms with Crippen LogP contribution in [-0.4, -0.2) is 46.6 Å². The second kappa shape index (κ2) is 5.72. The number of rotatable bonds is 5. The van der Waals surface area contributed by atoms with Gasteiger partial charge in [-0.2, -0.15) is 0 Å². The van der Waals surface area contributed by atoms with Gasteiger partial charge in [-0.1, -0.05) is 6.92 Å².